The summed E-state index contributed by atoms with van der Waals surface area (Å²) in [6.45, 7) is 4.61. The Bertz CT molecular complexity index is 929. The minimum Gasteiger partial charge on any atom is -0.481 e. The number of rotatable bonds is 8. The second-order valence-corrected chi connectivity index (χ2v) is 8.04. The molecule has 3 atom stereocenters. The van der Waals surface area contributed by atoms with Gasteiger partial charge in [0.25, 0.3) is 0 Å². The fraction of sp³-hybridized carbons (Fsp3) is 0.391. The van der Waals surface area contributed by atoms with Gasteiger partial charge in [-0.25, -0.2) is 0 Å². The van der Waals surface area contributed by atoms with Crippen LogP contribution < -0.4 is 5.32 Å². The van der Waals surface area contributed by atoms with E-state index in [0.29, 0.717) is 5.56 Å². The number of hydrogen-bond acceptors (Lipinski definition) is 2. The van der Waals surface area contributed by atoms with Crippen molar-refractivity contribution in [3.8, 4) is 0 Å². The molecule has 2 rings (SSSR count). The van der Waals surface area contributed by atoms with Crippen LogP contribution in [0.2, 0.25) is 5.02 Å². The van der Waals surface area contributed by atoms with Gasteiger partial charge in [0.1, 0.15) is 0 Å². The Balaban J connectivity index is 2.38. The average Bonchev–Trinajstić information content (AvgIpc) is 2.69. The summed E-state index contributed by atoms with van der Waals surface area (Å²) in [5.41, 5.74) is 1.96. The van der Waals surface area contributed by atoms with Gasteiger partial charge in [-0.2, -0.15) is 13.2 Å². The molecule has 0 fully saturated rings. The van der Waals surface area contributed by atoms with E-state index < -0.39 is 29.9 Å². The SMILES string of the molecule is CCc1ccc([C@@H](C(=O)Nc2cc(C(C)CC(=O)O)ccc2Cl)[C@@H](C)C(F)(F)F)cc1. The molecule has 0 aliphatic carbocycles. The number of alkyl halides is 3. The van der Waals surface area contributed by atoms with Crippen LogP contribution >= 0.6 is 11.6 Å². The number of nitrogens with one attached hydrogen (secondary N) is 1. The van der Waals surface area contributed by atoms with Crippen LogP contribution in [-0.2, 0) is 16.0 Å². The number of carbonyl (C=O) groups is 2. The summed E-state index contributed by atoms with van der Waals surface area (Å²) in [6, 6.07) is 11.1. The van der Waals surface area contributed by atoms with Crippen molar-refractivity contribution < 1.29 is 27.9 Å². The Labute approximate surface area is 184 Å². The van der Waals surface area contributed by atoms with Crippen LogP contribution in [0.25, 0.3) is 0 Å². The zero-order chi connectivity index (χ0) is 23.3. The van der Waals surface area contributed by atoms with Crippen LogP contribution in [0.5, 0.6) is 0 Å². The largest absolute Gasteiger partial charge is 0.481 e. The molecule has 8 heteroatoms. The Morgan fingerprint density at radius 1 is 1.06 bits per heavy atom. The number of amides is 1. The molecule has 0 heterocycles. The molecular weight excluding hydrogens is 431 g/mol. The van der Waals surface area contributed by atoms with E-state index >= 15 is 0 Å². The highest BCUT2D eigenvalue weighted by molar-refractivity contribution is 6.33. The molecule has 168 valence electrons. The lowest BCUT2D eigenvalue weighted by Crippen LogP contribution is -2.34. The van der Waals surface area contributed by atoms with E-state index in [1.165, 1.54) is 24.3 Å². The fourth-order valence-corrected chi connectivity index (χ4v) is 3.52. The first-order valence-corrected chi connectivity index (χ1v) is 10.3. The van der Waals surface area contributed by atoms with E-state index in [1.807, 2.05) is 6.92 Å². The summed E-state index contributed by atoms with van der Waals surface area (Å²) in [6.07, 6.45) is -3.98. The number of aryl methyl sites for hydroxylation is 1. The smallest absolute Gasteiger partial charge is 0.392 e. The van der Waals surface area contributed by atoms with Crippen molar-refractivity contribution in [3.63, 3.8) is 0 Å². The molecule has 0 spiro atoms. The molecule has 31 heavy (non-hydrogen) atoms. The molecular formula is C23H25ClF3NO3. The van der Waals surface area contributed by atoms with Crippen LogP contribution in [0.15, 0.2) is 42.5 Å². The molecule has 0 saturated heterocycles. The fourth-order valence-electron chi connectivity index (χ4n) is 3.35. The van der Waals surface area contributed by atoms with Crippen LogP contribution in [-0.4, -0.2) is 23.2 Å². The normalized spacial score (nSPS) is 14.5. The van der Waals surface area contributed by atoms with E-state index in [-0.39, 0.29) is 28.6 Å². The summed E-state index contributed by atoms with van der Waals surface area (Å²) in [7, 11) is 0. The van der Waals surface area contributed by atoms with Crippen molar-refractivity contribution in [2.24, 2.45) is 5.92 Å². The molecule has 0 radical (unpaired) electrons. The van der Waals surface area contributed by atoms with Gasteiger partial charge in [0.2, 0.25) is 5.91 Å². The van der Waals surface area contributed by atoms with Gasteiger partial charge in [-0.05, 0) is 41.2 Å². The standard InChI is InChI=1S/C23H25ClF3NO3/c1-4-15-5-7-16(8-6-15)21(14(3)23(25,26)27)22(31)28-19-12-17(9-10-18(19)24)13(2)11-20(29)30/h5-10,12-14,21H,4,11H2,1-3H3,(H,28,31)(H,29,30)/t13?,14-,21+/m1/s1. The van der Waals surface area contributed by atoms with Gasteiger partial charge in [-0.1, -0.05) is 62.7 Å². The Kier molecular flexibility index (Phi) is 8.12. The lowest BCUT2D eigenvalue weighted by molar-refractivity contribution is -0.178. The number of carboxylic acids is 1. The molecule has 0 aliphatic heterocycles. The van der Waals surface area contributed by atoms with Gasteiger partial charge in [-0.3, -0.25) is 9.59 Å². The number of carboxylic acid groups (broad SMARTS) is 1. The number of hydrogen-bond donors (Lipinski definition) is 2. The number of anilines is 1. The van der Waals surface area contributed by atoms with Crippen molar-refractivity contribution in [3.05, 3.63) is 64.2 Å². The lowest BCUT2D eigenvalue weighted by Gasteiger charge is -2.26. The predicted molar refractivity (Wildman–Crippen MR) is 115 cm³/mol. The quantitative estimate of drug-likeness (QED) is 0.484. The molecule has 1 unspecified atom stereocenters. The van der Waals surface area contributed by atoms with Crippen molar-refractivity contribution in [2.75, 3.05) is 5.32 Å². The maximum atomic E-state index is 13.5. The monoisotopic (exact) mass is 455 g/mol. The van der Waals surface area contributed by atoms with Crippen LogP contribution in [0, 0.1) is 5.92 Å². The number of carbonyl (C=O) groups excluding carboxylic acids is 1. The summed E-state index contributed by atoms with van der Waals surface area (Å²) >= 11 is 6.16. The topological polar surface area (TPSA) is 66.4 Å². The number of halogens is 4. The maximum absolute atomic E-state index is 13.5. The third-order valence-electron chi connectivity index (χ3n) is 5.34. The number of benzene rings is 2. The van der Waals surface area contributed by atoms with Gasteiger partial charge in [0, 0.05) is 0 Å². The zero-order valence-corrected chi connectivity index (χ0v) is 18.2. The summed E-state index contributed by atoms with van der Waals surface area (Å²) < 4.78 is 40.6. The summed E-state index contributed by atoms with van der Waals surface area (Å²) in [5, 5.41) is 11.7. The summed E-state index contributed by atoms with van der Waals surface area (Å²) in [5.74, 6) is -5.58. The predicted octanol–water partition coefficient (Wildman–Crippen LogP) is 6.40. The maximum Gasteiger partial charge on any atom is 0.392 e. The highest BCUT2D eigenvalue weighted by Crippen LogP contribution is 2.39. The Morgan fingerprint density at radius 2 is 1.65 bits per heavy atom. The van der Waals surface area contributed by atoms with Gasteiger partial charge in [0.05, 0.1) is 29.0 Å². The van der Waals surface area contributed by atoms with E-state index in [9.17, 15) is 22.8 Å². The Morgan fingerprint density at radius 3 is 2.16 bits per heavy atom. The highest BCUT2D eigenvalue weighted by atomic mass is 35.5. The molecule has 2 aromatic rings. The van der Waals surface area contributed by atoms with Crippen molar-refractivity contribution in [2.45, 2.75) is 51.6 Å². The van der Waals surface area contributed by atoms with E-state index in [2.05, 4.69) is 5.32 Å². The minimum atomic E-state index is -4.58. The average molecular weight is 456 g/mol. The summed E-state index contributed by atoms with van der Waals surface area (Å²) in [4.78, 5) is 24.0. The molecule has 0 saturated carbocycles. The molecule has 2 aromatic carbocycles. The minimum absolute atomic E-state index is 0.132. The van der Waals surface area contributed by atoms with E-state index in [1.54, 1.807) is 25.1 Å². The molecule has 0 aromatic heterocycles. The molecule has 2 N–H and O–H groups in total. The molecule has 1 amide bonds. The first-order chi connectivity index (χ1) is 14.4. The first-order valence-electron chi connectivity index (χ1n) is 9.91. The van der Waals surface area contributed by atoms with Gasteiger partial charge in [-0.15, -0.1) is 0 Å². The number of aliphatic carboxylic acids is 1. The van der Waals surface area contributed by atoms with Gasteiger partial charge < -0.3 is 10.4 Å². The van der Waals surface area contributed by atoms with E-state index in [4.69, 9.17) is 16.7 Å². The van der Waals surface area contributed by atoms with Crippen LogP contribution in [0.1, 0.15) is 55.7 Å². The van der Waals surface area contributed by atoms with Crippen molar-refractivity contribution >= 4 is 29.2 Å². The second-order valence-electron chi connectivity index (χ2n) is 7.63. The molecule has 0 aliphatic rings. The van der Waals surface area contributed by atoms with Gasteiger partial charge in [0.15, 0.2) is 0 Å². The first kappa shape index (κ1) is 24.7. The van der Waals surface area contributed by atoms with Crippen molar-refractivity contribution in [1.82, 2.24) is 0 Å². The highest BCUT2D eigenvalue weighted by Gasteiger charge is 2.45. The van der Waals surface area contributed by atoms with Crippen molar-refractivity contribution in [1.29, 1.82) is 0 Å². The third kappa shape index (κ3) is 6.47. The lowest BCUT2D eigenvalue weighted by atomic mass is 9.85. The zero-order valence-electron chi connectivity index (χ0n) is 17.5. The molecule has 4 nitrogen and oxygen atoms in total. The Hall–Kier alpha value is -2.54. The second kappa shape index (κ2) is 10.2. The van der Waals surface area contributed by atoms with E-state index in [0.717, 1.165) is 18.9 Å². The third-order valence-corrected chi connectivity index (χ3v) is 5.67. The van der Waals surface area contributed by atoms with Crippen LogP contribution in [0.4, 0.5) is 18.9 Å². The van der Waals surface area contributed by atoms with Crippen LogP contribution in [0.3, 0.4) is 0 Å². The van der Waals surface area contributed by atoms with Gasteiger partial charge >= 0.3 is 12.1 Å². The molecule has 0 bridgehead atoms.